The molecule has 4 rings (SSSR count). The maximum atomic E-state index is 13.9. The van der Waals surface area contributed by atoms with Crippen molar-refractivity contribution in [3.63, 3.8) is 0 Å². The Hall–Kier alpha value is -2.05. The van der Waals surface area contributed by atoms with E-state index in [1.54, 1.807) is 7.11 Å². The van der Waals surface area contributed by atoms with Crippen LogP contribution in [0.25, 0.3) is 0 Å². The van der Waals surface area contributed by atoms with Gasteiger partial charge in [-0.2, -0.15) is 0 Å². The third kappa shape index (κ3) is 4.35. The first-order valence-corrected chi connectivity index (χ1v) is 11.4. The number of methoxy groups -OCH3 is 1. The number of anilines is 1. The van der Waals surface area contributed by atoms with Crippen molar-refractivity contribution in [1.82, 2.24) is 4.90 Å². The number of rotatable bonds is 4. The number of ether oxygens (including phenoxy) is 2. The van der Waals surface area contributed by atoms with Crippen LogP contribution in [0.15, 0.2) is 53.0 Å². The van der Waals surface area contributed by atoms with Gasteiger partial charge in [-0.15, -0.1) is 0 Å². The smallest absolute Gasteiger partial charge is 0.233 e. The molecule has 2 saturated heterocycles. The first kappa shape index (κ1) is 21.2. The zero-order valence-corrected chi connectivity index (χ0v) is 19.1. The van der Waals surface area contributed by atoms with E-state index in [0.717, 1.165) is 61.2 Å². The molecule has 2 fully saturated rings. The lowest BCUT2D eigenvalue weighted by Gasteiger charge is -2.40. The zero-order chi connectivity index (χ0) is 21.0. The lowest BCUT2D eigenvalue weighted by Crippen LogP contribution is -2.50. The normalized spacial score (nSPS) is 19.3. The third-order valence-corrected chi connectivity index (χ3v) is 6.90. The minimum absolute atomic E-state index is 0.254. The predicted molar refractivity (Wildman–Crippen MR) is 122 cm³/mol. The fourth-order valence-electron chi connectivity index (χ4n) is 4.59. The van der Waals surface area contributed by atoms with Gasteiger partial charge in [-0.25, -0.2) is 0 Å². The van der Waals surface area contributed by atoms with E-state index in [1.165, 1.54) is 5.69 Å². The summed E-state index contributed by atoms with van der Waals surface area (Å²) in [6, 6.07) is 16.4. The Morgan fingerprint density at radius 2 is 1.67 bits per heavy atom. The van der Waals surface area contributed by atoms with Crippen LogP contribution in [0.1, 0.15) is 24.8 Å². The molecule has 2 aliphatic rings. The number of hydrogen-bond acceptors (Lipinski definition) is 4. The average Bonchev–Trinajstić information content (AvgIpc) is 3.06. The van der Waals surface area contributed by atoms with Crippen LogP contribution >= 0.6 is 15.9 Å². The van der Waals surface area contributed by atoms with Crippen molar-refractivity contribution in [2.75, 3.05) is 51.4 Å². The highest BCUT2D eigenvalue weighted by atomic mass is 79.9. The summed E-state index contributed by atoms with van der Waals surface area (Å²) in [5.41, 5.74) is 1.81. The van der Waals surface area contributed by atoms with Crippen LogP contribution in [-0.2, 0) is 14.9 Å². The van der Waals surface area contributed by atoms with Gasteiger partial charge in [-0.1, -0.05) is 28.1 Å². The standard InChI is InChI=1S/C24H29BrN2O3/c1-29-22-9-7-21(8-10-22)26-13-2-14-27(16-15-26)23(28)24(11-17-30-18-12-24)19-3-5-20(25)6-4-19/h3-10H,2,11-18H2,1H3. The highest BCUT2D eigenvalue weighted by Gasteiger charge is 2.44. The number of hydrogen-bond donors (Lipinski definition) is 0. The second-order valence-corrected chi connectivity index (χ2v) is 8.95. The third-order valence-electron chi connectivity index (χ3n) is 6.37. The molecular formula is C24H29BrN2O3. The number of halogens is 1. The van der Waals surface area contributed by atoms with Crippen molar-refractivity contribution in [2.45, 2.75) is 24.7 Å². The highest BCUT2D eigenvalue weighted by Crippen LogP contribution is 2.37. The summed E-state index contributed by atoms with van der Waals surface area (Å²) in [7, 11) is 1.68. The van der Waals surface area contributed by atoms with Gasteiger partial charge in [0.1, 0.15) is 5.75 Å². The summed E-state index contributed by atoms with van der Waals surface area (Å²) < 4.78 is 11.9. The lowest BCUT2D eigenvalue weighted by atomic mass is 9.73. The number of amides is 1. The van der Waals surface area contributed by atoms with Gasteiger partial charge < -0.3 is 19.3 Å². The largest absolute Gasteiger partial charge is 0.497 e. The topological polar surface area (TPSA) is 42.0 Å². The Labute approximate surface area is 187 Å². The maximum absolute atomic E-state index is 13.9. The van der Waals surface area contributed by atoms with Crippen LogP contribution in [0.5, 0.6) is 5.75 Å². The molecule has 0 N–H and O–H groups in total. The molecule has 2 aromatic rings. The van der Waals surface area contributed by atoms with Crippen LogP contribution in [-0.4, -0.2) is 57.3 Å². The van der Waals surface area contributed by atoms with Gasteiger partial charge in [-0.3, -0.25) is 4.79 Å². The van der Waals surface area contributed by atoms with Crippen LogP contribution < -0.4 is 9.64 Å². The van der Waals surface area contributed by atoms with Crippen molar-refractivity contribution in [3.8, 4) is 5.75 Å². The van der Waals surface area contributed by atoms with Crippen molar-refractivity contribution in [1.29, 1.82) is 0 Å². The van der Waals surface area contributed by atoms with Crippen LogP contribution in [0.3, 0.4) is 0 Å². The molecule has 2 aromatic carbocycles. The van der Waals surface area contributed by atoms with E-state index in [9.17, 15) is 4.79 Å². The van der Waals surface area contributed by atoms with Crippen molar-refractivity contribution in [2.24, 2.45) is 0 Å². The molecule has 0 radical (unpaired) electrons. The SMILES string of the molecule is COc1ccc(N2CCCN(C(=O)C3(c4ccc(Br)cc4)CCOCC3)CC2)cc1. The van der Waals surface area contributed by atoms with Gasteiger partial charge in [0.15, 0.2) is 0 Å². The van der Waals surface area contributed by atoms with E-state index in [0.29, 0.717) is 13.2 Å². The molecule has 0 atom stereocenters. The molecule has 160 valence electrons. The molecule has 2 aliphatic heterocycles. The van der Waals surface area contributed by atoms with Crippen LogP contribution in [0.2, 0.25) is 0 Å². The Morgan fingerprint density at radius 3 is 2.33 bits per heavy atom. The van der Waals surface area contributed by atoms with Crippen molar-refractivity contribution >= 4 is 27.5 Å². The van der Waals surface area contributed by atoms with Gasteiger partial charge in [0.05, 0.1) is 12.5 Å². The van der Waals surface area contributed by atoms with Gasteiger partial charge in [-0.05, 0) is 61.2 Å². The minimum Gasteiger partial charge on any atom is -0.497 e. The molecule has 1 amide bonds. The molecule has 0 unspecified atom stereocenters. The van der Waals surface area contributed by atoms with Gasteiger partial charge in [0.2, 0.25) is 5.91 Å². The van der Waals surface area contributed by atoms with E-state index < -0.39 is 5.41 Å². The maximum Gasteiger partial charge on any atom is 0.233 e. The van der Waals surface area contributed by atoms with Crippen molar-refractivity contribution in [3.05, 3.63) is 58.6 Å². The number of carbonyl (C=O) groups excluding carboxylic acids is 1. The Bertz CT molecular complexity index is 848. The van der Waals surface area contributed by atoms with E-state index in [2.05, 4.69) is 50.0 Å². The van der Waals surface area contributed by atoms with Gasteiger partial charge in [0, 0.05) is 49.6 Å². The first-order chi connectivity index (χ1) is 14.6. The molecule has 2 heterocycles. The second-order valence-electron chi connectivity index (χ2n) is 8.03. The van der Waals surface area contributed by atoms with Gasteiger partial charge >= 0.3 is 0 Å². The predicted octanol–water partition coefficient (Wildman–Crippen LogP) is 4.24. The Kier molecular flexibility index (Phi) is 6.64. The monoisotopic (exact) mass is 472 g/mol. The summed E-state index contributed by atoms with van der Waals surface area (Å²) in [4.78, 5) is 18.3. The van der Waals surface area contributed by atoms with E-state index >= 15 is 0 Å². The zero-order valence-electron chi connectivity index (χ0n) is 17.5. The molecule has 0 bridgehead atoms. The molecule has 5 nitrogen and oxygen atoms in total. The Morgan fingerprint density at radius 1 is 0.967 bits per heavy atom. The highest BCUT2D eigenvalue weighted by molar-refractivity contribution is 9.10. The van der Waals surface area contributed by atoms with Crippen molar-refractivity contribution < 1.29 is 14.3 Å². The number of carbonyl (C=O) groups is 1. The Balaban J connectivity index is 1.51. The fraction of sp³-hybridized carbons (Fsp3) is 0.458. The summed E-state index contributed by atoms with van der Waals surface area (Å²) in [5.74, 6) is 1.12. The van der Waals surface area contributed by atoms with E-state index in [4.69, 9.17) is 9.47 Å². The summed E-state index contributed by atoms with van der Waals surface area (Å²) in [5, 5.41) is 0. The second kappa shape index (κ2) is 9.40. The summed E-state index contributed by atoms with van der Waals surface area (Å²) in [6.07, 6.45) is 2.45. The van der Waals surface area contributed by atoms with E-state index in [-0.39, 0.29) is 5.91 Å². The van der Waals surface area contributed by atoms with Crippen LogP contribution in [0.4, 0.5) is 5.69 Å². The summed E-state index contributed by atoms with van der Waals surface area (Å²) >= 11 is 3.52. The molecule has 0 aromatic heterocycles. The molecule has 30 heavy (non-hydrogen) atoms. The lowest BCUT2D eigenvalue weighted by molar-refractivity contribution is -0.141. The number of benzene rings is 2. The van der Waals surface area contributed by atoms with Gasteiger partial charge in [0.25, 0.3) is 0 Å². The quantitative estimate of drug-likeness (QED) is 0.666. The molecule has 0 saturated carbocycles. The summed E-state index contributed by atoms with van der Waals surface area (Å²) in [6.45, 7) is 4.59. The minimum atomic E-state index is -0.478. The van der Waals surface area contributed by atoms with E-state index in [1.807, 2.05) is 24.3 Å². The molecule has 6 heteroatoms. The molecule has 0 aliphatic carbocycles. The molecule has 0 spiro atoms. The van der Waals surface area contributed by atoms with Crippen LogP contribution in [0, 0.1) is 0 Å². The number of nitrogens with zero attached hydrogens (tertiary/aromatic N) is 2. The average molecular weight is 473 g/mol. The fourth-order valence-corrected chi connectivity index (χ4v) is 4.85. The first-order valence-electron chi connectivity index (χ1n) is 10.6. The molecular weight excluding hydrogens is 444 g/mol.